The summed E-state index contributed by atoms with van der Waals surface area (Å²) in [7, 11) is 1.59. The smallest absolute Gasteiger partial charge is 0.238 e. The second-order valence-electron chi connectivity index (χ2n) is 6.85. The molecule has 0 radical (unpaired) electrons. The average Bonchev–Trinajstić information content (AvgIpc) is 2.64. The highest BCUT2D eigenvalue weighted by Gasteiger charge is 2.45. The highest BCUT2D eigenvalue weighted by Crippen LogP contribution is 2.37. The highest BCUT2D eigenvalue weighted by molar-refractivity contribution is 5.93. The van der Waals surface area contributed by atoms with Crippen molar-refractivity contribution in [3.63, 3.8) is 0 Å². The van der Waals surface area contributed by atoms with Gasteiger partial charge in [0.25, 0.3) is 0 Å². The first-order chi connectivity index (χ1) is 10.2. The second-order valence-corrected chi connectivity index (χ2v) is 6.85. The van der Waals surface area contributed by atoms with Crippen molar-refractivity contribution in [2.75, 3.05) is 19.0 Å². The number of para-hydroxylation sites is 2. The molecule has 1 aliphatic heterocycles. The van der Waals surface area contributed by atoms with Crippen LogP contribution in [-0.2, 0) is 9.53 Å². The molecule has 1 fully saturated rings. The quantitative estimate of drug-likeness (QED) is 0.878. The van der Waals surface area contributed by atoms with E-state index in [2.05, 4.69) is 38.3 Å². The Labute approximate surface area is 132 Å². The van der Waals surface area contributed by atoms with Crippen molar-refractivity contribution in [3.05, 3.63) is 24.3 Å². The van der Waals surface area contributed by atoms with Gasteiger partial charge in [-0.25, -0.2) is 0 Å². The maximum absolute atomic E-state index is 12.1. The normalized spacial score (nSPS) is 22.3. The summed E-state index contributed by atoms with van der Waals surface area (Å²) in [5, 5.41) is 6.17. The number of hydrogen-bond acceptors (Lipinski definition) is 4. The van der Waals surface area contributed by atoms with Crippen LogP contribution in [0.5, 0.6) is 5.75 Å². The summed E-state index contributed by atoms with van der Waals surface area (Å²) < 4.78 is 11.3. The molecule has 2 N–H and O–H groups in total. The van der Waals surface area contributed by atoms with Crippen LogP contribution in [0, 0.1) is 0 Å². The lowest BCUT2D eigenvalue weighted by atomic mass is 9.94. The number of anilines is 1. The Kier molecular flexibility index (Phi) is 4.78. The summed E-state index contributed by atoms with van der Waals surface area (Å²) in [5.41, 5.74) is 0.230. The van der Waals surface area contributed by atoms with E-state index in [4.69, 9.17) is 9.47 Å². The van der Waals surface area contributed by atoms with Crippen molar-refractivity contribution in [3.8, 4) is 5.75 Å². The molecule has 1 aliphatic rings. The van der Waals surface area contributed by atoms with Crippen molar-refractivity contribution in [2.45, 2.75) is 51.4 Å². The number of carbonyl (C=O) groups excluding carboxylic acids is 1. The van der Waals surface area contributed by atoms with E-state index in [1.807, 2.05) is 24.3 Å². The molecule has 0 unspecified atom stereocenters. The molecule has 0 spiro atoms. The molecule has 2 rings (SSSR count). The highest BCUT2D eigenvalue weighted by atomic mass is 16.5. The largest absolute Gasteiger partial charge is 0.495 e. The van der Waals surface area contributed by atoms with Gasteiger partial charge in [-0.15, -0.1) is 0 Å². The number of rotatable bonds is 5. The first kappa shape index (κ1) is 16.8. The van der Waals surface area contributed by atoms with Gasteiger partial charge < -0.3 is 20.1 Å². The second kappa shape index (κ2) is 6.26. The van der Waals surface area contributed by atoms with Gasteiger partial charge in [0.1, 0.15) is 5.75 Å². The predicted molar refractivity (Wildman–Crippen MR) is 87.3 cm³/mol. The van der Waals surface area contributed by atoms with Gasteiger partial charge in [0, 0.05) is 6.04 Å². The lowest BCUT2D eigenvalue weighted by molar-refractivity contribution is -0.115. The Hall–Kier alpha value is -1.59. The minimum atomic E-state index is -0.284. The number of ether oxygens (including phenoxy) is 2. The molecule has 0 aromatic heterocycles. The first-order valence-corrected chi connectivity index (χ1v) is 7.60. The number of hydrogen-bond donors (Lipinski definition) is 2. The number of nitrogens with one attached hydrogen (secondary N) is 2. The maximum atomic E-state index is 12.1. The molecule has 1 amide bonds. The van der Waals surface area contributed by atoms with E-state index in [0.29, 0.717) is 11.4 Å². The van der Waals surface area contributed by atoms with Crippen LogP contribution in [0.3, 0.4) is 0 Å². The molecular weight excluding hydrogens is 280 g/mol. The van der Waals surface area contributed by atoms with E-state index in [1.54, 1.807) is 7.11 Å². The van der Waals surface area contributed by atoms with Crippen molar-refractivity contribution in [1.29, 1.82) is 0 Å². The molecule has 122 valence electrons. The van der Waals surface area contributed by atoms with Crippen molar-refractivity contribution >= 4 is 11.6 Å². The summed E-state index contributed by atoms with van der Waals surface area (Å²) in [6.07, 6.45) is 0.877. The summed E-state index contributed by atoms with van der Waals surface area (Å²) in [6, 6.07) is 7.52. The van der Waals surface area contributed by atoms with Gasteiger partial charge in [-0.2, -0.15) is 0 Å². The van der Waals surface area contributed by atoms with Crippen LogP contribution in [0.4, 0.5) is 5.69 Å². The van der Waals surface area contributed by atoms with Crippen LogP contribution < -0.4 is 15.4 Å². The topological polar surface area (TPSA) is 59.6 Å². The Bertz CT molecular complexity index is 540. The van der Waals surface area contributed by atoms with Gasteiger partial charge >= 0.3 is 0 Å². The average molecular weight is 306 g/mol. The lowest BCUT2D eigenvalue weighted by Gasteiger charge is -2.27. The van der Waals surface area contributed by atoms with E-state index in [9.17, 15) is 4.79 Å². The van der Waals surface area contributed by atoms with Gasteiger partial charge in [-0.05, 0) is 46.2 Å². The van der Waals surface area contributed by atoms with Crippen LogP contribution in [0.25, 0.3) is 0 Å². The predicted octanol–water partition coefficient (Wildman–Crippen LogP) is 2.57. The third-order valence-corrected chi connectivity index (χ3v) is 3.96. The molecular formula is C17H26N2O3. The van der Waals surface area contributed by atoms with E-state index < -0.39 is 0 Å². The van der Waals surface area contributed by atoms with E-state index >= 15 is 0 Å². The number of carbonyl (C=O) groups is 1. The maximum Gasteiger partial charge on any atom is 0.238 e. The third-order valence-electron chi connectivity index (χ3n) is 3.96. The van der Waals surface area contributed by atoms with Crippen molar-refractivity contribution < 1.29 is 14.3 Å². The van der Waals surface area contributed by atoms with Gasteiger partial charge in [-0.1, -0.05) is 12.1 Å². The van der Waals surface area contributed by atoms with Crippen LogP contribution >= 0.6 is 0 Å². The first-order valence-electron chi connectivity index (χ1n) is 7.60. The SMILES string of the molecule is COc1ccccc1NC(=O)CN[C@@H]1CC(C)(C)OC1(C)C. The zero-order chi connectivity index (χ0) is 16.4. The molecule has 0 aliphatic carbocycles. The Morgan fingerprint density at radius 2 is 2.00 bits per heavy atom. The van der Waals surface area contributed by atoms with Gasteiger partial charge in [0.2, 0.25) is 5.91 Å². The summed E-state index contributed by atoms with van der Waals surface area (Å²) in [6.45, 7) is 8.50. The molecule has 0 saturated carbocycles. The zero-order valence-electron chi connectivity index (χ0n) is 14.0. The van der Waals surface area contributed by atoms with Gasteiger partial charge in [0.15, 0.2) is 0 Å². The van der Waals surface area contributed by atoms with Crippen LogP contribution in [-0.4, -0.2) is 36.8 Å². The Morgan fingerprint density at radius 3 is 2.59 bits per heavy atom. The Balaban J connectivity index is 1.91. The minimum absolute atomic E-state index is 0.0926. The fraction of sp³-hybridized carbons (Fsp3) is 0.588. The number of benzene rings is 1. The summed E-state index contributed by atoms with van der Waals surface area (Å²) in [5.74, 6) is 0.562. The molecule has 1 heterocycles. The molecule has 1 aromatic rings. The number of amides is 1. The Morgan fingerprint density at radius 1 is 1.32 bits per heavy atom. The lowest BCUT2D eigenvalue weighted by Crippen LogP contribution is -2.46. The van der Waals surface area contributed by atoms with Gasteiger partial charge in [0.05, 0.1) is 30.5 Å². The van der Waals surface area contributed by atoms with Crippen molar-refractivity contribution in [1.82, 2.24) is 5.32 Å². The molecule has 5 heteroatoms. The van der Waals surface area contributed by atoms with Crippen LogP contribution in [0.2, 0.25) is 0 Å². The molecule has 1 aromatic carbocycles. The van der Waals surface area contributed by atoms with E-state index in [-0.39, 0.29) is 29.7 Å². The third kappa shape index (κ3) is 3.99. The van der Waals surface area contributed by atoms with E-state index in [1.165, 1.54) is 0 Å². The molecule has 22 heavy (non-hydrogen) atoms. The summed E-state index contributed by atoms with van der Waals surface area (Å²) in [4.78, 5) is 12.1. The standard InChI is InChI=1S/C17H26N2O3/c1-16(2)10-14(17(3,4)22-16)18-11-15(20)19-12-8-6-7-9-13(12)21-5/h6-9,14,18H,10-11H2,1-5H3,(H,19,20)/t14-/m1/s1. The molecule has 1 atom stereocenters. The zero-order valence-corrected chi connectivity index (χ0v) is 14.0. The van der Waals surface area contributed by atoms with E-state index in [0.717, 1.165) is 6.42 Å². The molecule has 5 nitrogen and oxygen atoms in total. The fourth-order valence-electron chi connectivity index (χ4n) is 3.04. The summed E-state index contributed by atoms with van der Waals surface area (Å²) >= 11 is 0. The fourth-order valence-corrected chi connectivity index (χ4v) is 3.04. The van der Waals surface area contributed by atoms with Crippen LogP contribution in [0.15, 0.2) is 24.3 Å². The molecule has 0 bridgehead atoms. The number of methoxy groups -OCH3 is 1. The monoisotopic (exact) mass is 306 g/mol. The minimum Gasteiger partial charge on any atom is -0.495 e. The molecule has 1 saturated heterocycles. The van der Waals surface area contributed by atoms with Gasteiger partial charge in [-0.3, -0.25) is 4.79 Å². The van der Waals surface area contributed by atoms with Crippen molar-refractivity contribution in [2.24, 2.45) is 0 Å². The van der Waals surface area contributed by atoms with Crippen LogP contribution in [0.1, 0.15) is 34.1 Å².